The van der Waals surface area contributed by atoms with Crippen LogP contribution in [0, 0.1) is 13.8 Å². The third-order valence-corrected chi connectivity index (χ3v) is 4.82. The molecule has 0 aliphatic heterocycles. The molecule has 3 aromatic rings. The summed E-state index contributed by atoms with van der Waals surface area (Å²) < 4.78 is 1.95. The molecule has 1 atom stereocenters. The van der Waals surface area contributed by atoms with Crippen molar-refractivity contribution in [2.75, 3.05) is 0 Å². The molecule has 0 radical (unpaired) electrons. The molecule has 1 aliphatic rings. The third kappa shape index (κ3) is 2.46. The van der Waals surface area contributed by atoms with Crippen molar-refractivity contribution < 1.29 is 4.79 Å². The van der Waals surface area contributed by atoms with Gasteiger partial charge in [0, 0.05) is 6.42 Å². The van der Waals surface area contributed by atoms with Gasteiger partial charge in [-0.2, -0.15) is 5.10 Å². The van der Waals surface area contributed by atoms with Crippen molar-refractivity contribution in [1.29, 1.82) is 0 Å². The highest BCUT2D eigenvalue weighted by Crippen LogP contribution is 2.35. The number of hydrogen-bond acceptors (Lipinski definition) is 2. The fourth-order valence-electron chi connectivity index (χ4n) is 3.70. The van der Waals surface area contributed by atoms with Crippen LogP contribution in [0.15, 0.2) is 54.6 Å². The summed E-state index contributed by atoms with van der Waals surface area (Å²) in [6.07, 6.45) is 1.41. The molecule has 1 heterocycles. The lowest BCUT2D eigenvalue weighted by atomic mass is 9.81. The molecule has 0 saturated heterocycles. The minimum atomic E-state index is 0.211. The second-order valence-corrected chi connectivity index (χ2v) is 6.60. The van der Waals surface area contributed by atoms with E-state index in [1.54, 1.807) is 0 Å². The maximum atomic E-state index is 12.8. The number of Topliss-reactive ketones (excluding diaryl/α,β-unsaturated/α-hetero) is 1. The lowest BCUT2D eigenvalue weighted by Gasteiger charge is -2.23. The molecule has 0 N–H and O–H groups in total. The normalized spacial score (nSPS) is 16.9. The van der Waals surface area contributed by atoms with Crippen LogP contribution in [0.1, 0.15) is 45.2 Å². The molecule has 120 valence electrons. The van der Waals surface area contributed by atoms with E-state index in [1.165, 1.54) is 11.1 Å². The first-order valence-corrected chi connectivity index (χ1v) is 8.37. The molecule has 1 aliphatic carbocycles. The number of hydrogen-bond donors (Lipinski definition) is 0. The lowest BCUT2D eigenvalue weighted by molar-refractivity contribution is 0.0963. The van der Waals surface area contributed by atoms with Gasteiger partial charge < -0.3 is 0 Å². The first-order valence-electron chi connectivity index (χ1n) is 8.37. The average Bonchev–Trinajstić information content (AvgIpc) is 2.93. The number of aryl methyl sites for hydroxylation is 2. The number of carbonyl (C=O) groups excluding carboxylic acids is 1. The van der Waals surface area contributed by atoms with Gasteiger partial charge in [-0.25, -0.2) is 4.68 Å². The Hall–Kier alpha value is -2.68. The quantitative estimate of drug-likeness (QED) is 0.702. The van der Waals surface area contributed by atoms with Crippen LogP contribution in [-0.4, -0.2) is 15.6 Å². The molecule has 24 heavy (non-hydrogen) atoms. The molecule has 3 nitrogen and oxygen atoms in total. The van der Waals surface area contributed by atoms with Gasteiger partial charge in [0.05, 0.1) is 22.6 Å². The number of carbonyl (C=O) groups is 1. The summed E-state index contributed by atoms with van der Waals surface area (Å²) in [5.41, 5.74) is 6.19. The Morgan fingerprint density at radius 1 is 1.00 bits per heavy atom. The van der Waals surface area contributed by atoms with Gasteiger partial charge in [0.2, 0.25) is 0 Å². The number of rotatable bonds is 2. The number of nitrogens with zero attached hydrogens (tertiary/aromatic N) is 2. The van der Waals surface area contributed by atoms with E-state index in [0.717, 1.165) is 29.1 Å². The molecule has 0 saturated carbocycles. The van der Waals surface area contributed by atoms with E-state index < -0.39 is 0 Å². The van der Waals surface area contributed by atoms with Gasteiger partial charge in [-0.3, -0.25) is 4.79 Å². The average molecular weight is 316 g/mol. The topological polar surface area (TPSA) is 34.9 Å². The zero-order valence-corrected chi connectivity index (χ0v) is 14.0. The Kier molecular flexibility index (Phi) is 3.57. The number of aromatic nitrogens is 2. The van der Waals surface area contributed by atoms with Crippen molar-refractivity contribution in [3.8, 4) is 5.69 Å². The minimum Gasteiger partial charge on any atom is -0.294 e. The summed E-state index contributed by atoms with van der Waals surface area (Å²) >= 11 is 0. The molecule has 0 amide bonds. The van der Waals surface area contributed by atoms with Crippen LogP contribution in [0.25, 0.3) is 5.69 Å². The van der Waals surface area contributed by atoms with Gasteiger partial charge in [0.1, 0.15) is 0 Å². The van der Waals surface area contributed by atoms with Crippen LogP contribution in [-0.2, 0) is 6.42 Å². The lowest BCUT2D eigenvalue weighted by Crippen LogP contribution is -2.20. The molecule has 4 rings (SSSR count). The van der Waals surface area contributed by atoms with Crippen molar-refractivity contribution >= 4 is 5.78 Å². The maximum absolute atomic E-state index is 12.8. The van der Waals surface area contributed by atoms with E-state index in [0.29, 0.717) is 6.42 Å². The Labute approximate surface area is 141 Å². The second kappa shape index (κ2) is 5.75. The summed E-state index contributed by atoms with van der Waals surface area (Å²) in [7, 11) is 0. The SMILES string of the molecule is Cc1cccc([C@@H]2CC(=O)c3c(C)nn(-c4ccccc4)c3C2)c1. The molecule has 3 heteroatoms. The minimum absolute atomic E-state index is 0.211. The summed E-state index contributed by atoms with van der Waals surface area (Å²) in [5, 5.41) is 4.65. The van der Waals surface area contributed by atoms with Crippen molar-refractivity contribution in [3.05, 3.63) is 82.7 Å². The monoisotopic (exact) mass is 316 g/mol. The number of ketones is 1. The van der Waals surface area contributed by atoms with Gasteiger partial charge in [-0.05, 0) is 43.9 Å². The number of para-hydroxylation sites is 1. The van der Waals surface area contributed by atoms with Crippen LogP contribution in [0.5, 0.6) is 0 Å². The standard InChI is InChI=1S/C21H20N2O/c1-14-7-6-8-16(11-14)17-12-19-21(20(24)13-17)15(2)22-23(19)18-9-4-3-5-10-18/h3-11,17H,12-13H2,1-2H3/t17-/m0/s1. The van der Waals surface area contributed by atoms with Gasteiger partial charge in [0.25, 0.3) is 0 Å². The van der Waals surface area contributed by atoms with Gasteiger partial charge in [-0.15, -0.1) is 0 Å². The fourth-order valence-corrected chi connectivity index (χ4v) is 3.70. The molecule has 0 fully saturated rings. The summed E-state index contributed by atoms with van der Waals surface area (Å²) in [4.78, 5) is 12.8. The van der Waals surface area contributed by atoms with E-state index in [-0.39, 0.29) is 11.7 Å². The molecule has 0 spiro atoms. The highest BCUT2D eigenvalue weighted by Gasteiger charge is 2.32. The van der Waals surface area contributed by atoms with E-state index in [9.17, 15) is 4.79 Å². The van der Waals surface area contributed by atoms with E-state index in [2.05, 4.69) is 36.3 Å². The first-order chi connectivity index (χ1) is 11.6. The van der Waals surface area contributed by atoms with E-state index >= 15 is 0 Å². The van der Waals surface area contributed by atoms with Crippen LogP contribution in [0.4, 0.5) is 0 Å². The maximum Gasteiger partial charge on any atom is 0.167 e. The number of fused-ring (bicyclic) bond motifs is 1. The largest absolute Gasteiger partial charge is 0.294 e. The fraction of sp³-hybridized carbons (Fsp3) is 0.238. The van der Waals surface area contributed by atoms with Crippen molar-refractivity contribution in [2.45, 2.75) is 32.6 Å². The molecule has 0 bridgehead atoms. The van der Waals surface area contributed by atoms with Crippen molar-refractivity contribution in [2.24, 2.45) is 0 Å². The smallest absolute Gasteiger partial charge is 0.167 e. The Morgan fingerprint density at radius 2 is 1.79 bits per heavy atom. The Morgan fingerprint density at radius 3 is 2.54 bits per heavy atom. The van der Waals surface area contributed by atoms with Crippen LogP contribution < -0.4 is 0 Å². The summed E-state index contributed by atoms with van der Waals surface area (Å²) in [6.45, 7) is 4.03. The zero-order chi connectivity index (χ0) is 16.7. The van der Waals surface area contributed by atoms with Gasteiger partial charge >= 0.3 is 0 Å². The molecular weight excluding hydrogens is 296 g/mol. The Bertz CT molecular complexity index is 909. The van der Waals surface area contributed by atoms with Gasteiger partial charge in [-0.1, -0.05) is 48.0 Å². The highest BCUT2D eigenvalue weighted by molar-refractivity contribution is 6.00. The molecule has 0 unspecified atom stereocenters. The Balaban J connectivity index is 1.80. The van der Waals surface area contributed by atoms with E-state index in [4.69, 9.17) is 0 Å². The molecular formula is C21H20N2O. The second-order valence-electron chi connectivity index (χ2n) is 6.60. The molecule has 2 aromatic carbocycles. The van der Waals surface area contributed by atoms with E-state index in [1.807, 2.05) is 41.9 Å². The van der Waals surface area contributed by atoms with Gasteiger partial charge in [0.15, 0.2) is 5.78 Å². The summed E-state index contributed by atoms with van der Waals surface area (Å²) in [5.74, 6) is 0.436. The van der Waals surface area contributed by atoms with Crippen LogP contribution in [0.2, 0.25) is 0 Å². The van der Waals surface area contributed by atoms with Crippen LogP contribution >= 0.6 is 0 Å². The molecule has 1 aromatic heterocycles. The summed E-state index contributed by atoms with van der Waals surface area (Å²) in [6, 6.07) is 18.6. The van der Waals surface area contributed by atoms with Crippen molar-refractivity contribution in [1.82, 2.24) is 9.78 Å². The number of benzene rings is 2. The predicted octanol–water partition coefficient (Wildman–Crippen LogP) is 4.40. The zero-order valence-electron chi connectivity index (χ0n) is 14.0. The first kappa shape index (κ1) is 14.9. The van der Waals surface area contributed by atoms with Crippen LogP contribution in [0.3, 0.4) is 0 Å². The van der Waals surface area contributed by atoms with Crippen molar-refractivity contribution in [3.63, 3.8) is 0 Å². The third-order valence-electron chi connectivity index (χ3n) is 4.82. The highest BCUT2D eigenvalue weighted by atomic mass is 16.1. The predicted molar refractivity (Wildman–Crippen MR) is 94.9 cm³/mol.